The molecule has 0 saturated heterocycles. The molecule has 6 heteroatoms. The first-order valence-electron chi connectivity index (χ1n) is 8.69. The summed E-state index contributed by atoms with van der Waals surface area (Å²) in [7, 11) is 0. The molecule has 140 valence electrons. The lowest BCUT2D eigenvalue weighted by atomic mass is 9.78. The van der Waals surface area contributed by atoms with Gasteiger partial charge in [-0.3, -0.25) is 9.59 Å². The number of hydrogen-bond acceptors (Lipinski definition) is 4. The molecule has 26 heavy (non-hydrogen) atoms. The number of hydrogen-bond donors (Lipinski definition) is 2. The lowest BCUT2D eigenvalue weighted by molar-refractivity contribution is -0.144. The van der Waals surface area contributed by atoms with Gasteiger partial charge in [-0.25, -0.2) is 4.98 Å². The molecule has 1 heterocycles. The highest BCUT2D eigenvalue weighted by Crippen LogP contribution is 2.28. The van der Waals surface area contributed by atoms with Gasteiger partial charge in [-0.05, 0) is 12.0 Å². The van der Waals surface area contributed by atoms with E-state index in [0.29, 0.717) is 12.0 Å². The summed E-state index contributed by atoms with van der Waals surface area (Å²) in [4.78, 5) is 28.8. The number of benzene rings is 1. The molecule has 5 nitrogen and oxygen atoms in total. The number of amides is 1. The molecule has 1 aromatic carbocycles. The summed E-state index contributed by atoms with van der Waals surface area (Å²) in [6.45, 7) is 8.12. The Balaban J connectivity index is 2.08. The van der Waals surface area contributed by atoms with E-state index >= 15 is 0 Å². The van der Waals surface area contributed by atoms with Crippen molar-refractivity contribution in [3.63, 3.8) is 0 Å². The maximum Gasteiger partial charge on any atom is 0.315 e. The largest absolute Gasteiger partial charge is 0.481 e. The number of thiazole rings is 1. The molecule has 1 atom stereocenters. The molecule has 0 fully saturated rings. The summed E-state index contributed by atoms with van der Waals surface area (Å²) in [6, 6.07) is 9.06. The molecule has 0 saturated carbocycles. The Morgan fingerprint density at radius 3 is 2.35 bits per heavy atom. The van der Waals surface area contributed by atoms with Crippen molar-refractivity contribution in [1.82, 2.24) is 10.3 Å². The fourth-order valence-electron chi connectivity index (χ4n) is 2.75. The van der Waals surface area contributed by atoms with Crippen LogP contribution in [0.25, 0.3) is 0 Å². The molecule has 0 aliphatic rings. The maximum atomic E-state index is 12.3. The van der Waals surface area contributed by atoms with E-state index in [-0.39, 0.29) is 24.3 Å². The summed E-state index contributed by atoms with van der Waals surface area (Å²) < 4.78 is 0. The molecule has 1 unspecified atom stereocenters. The number of carboxylic acids is 1. The molecule has 1 aromatic heterocycles. The van der Waals surface area contributed by atoms with Gasteiger partial charge in [0.05, 0.1) is 17.1 Å². The van der Waals surface area contributed by atoms with Gasteiger partial charge in [-0.15, -0.1) is 11.3 Å². The van der Waals surface area contributed by atoms with Crippen LogP contribution in [0, 0.1) is 0 Å². The highest BCUT2D eigenvalue weighted by atomic mass is 32.1. The fraction of sp³-hybridized carbons (Fsp3) is 0.450. The van der Waals surface area contributed by atoms with Crippen LogP contribution < -0.4 is 5.32 Å². The van der Waals surface area contributed by atoms with E-state index in [1.165, 1.54) is 0 Å². The second-order valence-corrected chi connectivity index (χ2v) is 8.31. The topological polar surface area (TPSA) is 79.3 Å². The Morgan fingerprint density at radius 1 is 1.19 bits per heavy atom. The first-order chi connectivity index (χ1) is 12.2. The number of rotatable bonds is 7. The van der Waals surface area contributed by atoms with Crippen LogP contribution in [-0.4, -0.2) is 28.5 Å². The van der Waals surface area contributed by atoms with Gasteiger partial charge in [-0.2, -0.15) is 0 Å². The molecule has 0 radical (unpaired) electrons. The monoisotopic (exact) mass is 374 g/mol. The zero-order valence-corrected chi connectivity index (χ0v) is 16.5. The lowest BCUT2D eigenvalue weighted by Gasteiger charge is -2.29. The average Bonchev–Trinajstić information content (AvgIpc) is 3.05. The Labute approximate surface area is 158 Å². The molecule has 1 amide bonds. The summed E-state index contributed by atoms with van der Waals surface area (Å²) in [5.41, 5.74) is 0.233. The van der Waals surface area contributed by atoms with Crippen molar-refractivity contribution >= 4 is 23.2 Å². The molecule has 0 spiro atoms. The van der Waals surface area contributed by atoms with E-state index in [1.807, 2.05) is 30.5 Å². The van der Waals surface area contributed by atoms with Crippen LogP contribution in [0.5, 0.6) is 0 Å². The molecule has 2 N–H and O–H groups in total. The van der Waals surface area contributed by atoms with Gasteiger partial charge >= 0.3 is 5.97 Å². The van der Waals surface area contributed by atoms with Crippen LogP contribution in [0.4, 0.5) is 0 Å². The minimum Gasteiger partial charge on any atom is -0.481 e. The average molecular weight is 375 g/mol. The number of carbonyl (C=O) groups is 2. The first kappa shape index (κ1) is 20.1. The molecule has 0 aliphatic heterocycles. The molecule has 0 bridgehead atoms. The van der Waals surface area contributed by atoms with Gasteiger partial charge in [-0.1, -0.05) is 58.0 Å². The predicted octanol–water partition coefficient (Wildman–Crippen LogP) is 3.53. The smallest absolute Gasteiger partial charge is 0.315 e. The van der Waals surface area contributed by atoms with Crippen LogP contribution >= 0.6 is 11.3 Å². The van der Waals surface area contributed by atoms with Gasteiger partial charge in [0.1, 0.15) is 5.41 Å². The lowest BCUT2D eigenvalue weighted by Crippen LogP contribution is -2.46. The van der Waals surface area contributed by atoms with E-state index in [1.54, 1.807) is 23.5 Å². The number of aliphatic carboxylic acids is 1. The number of carboxylic acid groups (broad SMARTS) is 1. The number of aromatic nitrogens is 1. The Bertz CT molecular complexity index is 765. The first-order valence-corrected chi connectivity index (χ1v) is 9.57. The van der Waals surface area contributed by atoms with E-state index in [4.69, 9.17) is 0 Å². The quantitative estimate of drug-likeness (QED) is 0.777. The third-order valence-corrected chi connectivity index (χ3v) is 5.78. The second-order valence-electron chi connectivity index (χ2n) is 7.45. The van der Waals surface area contributed by atoms with Crippen molar-refractivity contribution in [2.24, 2.45) is 0 Å². The molecule has 2 aromatic rings. The van der Waals surface area contributed by atoms with Gasteiger partial charge in [0.15, 0.2) is 0 Å². The van der Waals surface area contributed by atoms with Crippen LogP contribution in [0.2, 0.25) is 0 Å². The third kappa shape index (κ3) is 4.49. The van der Waals surface area contributed by atoms with E-state index in [2.05, 4.69) is 31.1 Å². The van der Waals surface area contributed by atoms with E-state index in [0.717, 1.165) is 10.7 Å². The second kappa shape index (κ2) is 7.99. The Morgan fingerprint density at radius 2 is 1.85 bits per heavy atom. The molecule has 2 rings (SSSR count). The normalized spacial score (nSPS) is 13.8. The highest BCUT2D eigenvalue weighted by molar-refractivity contribution is 7.09. The number of nitrogens with one attached hydrogen (secondary N) is 1. The number of carbonyl (C=O) groups excluding carboxylic acids is 1. The summed E-state index contributed by atoms with van der Waals surface area (Å²) in [5, 5.41) is 15.5. The maximum absolute atomic E-state index is 12.3. The SMILES string of the molecule is CCC(CNC(=O)Cc1csc(C(C)(C)C)n1)(C(=O)O)c1ccccc1. The van der Waals surface area contributed by atoms with Gasteiger partial charge in [0.25, 0.3) is 0 Å². The Hall–Kier alpha value is -2.21. The van der Waals surface area contributed by atoms with Crippen LogP contribution in [-0.2, 0) is 26.8 Å². The van der Waals surface area contributed by atoms with Crippen molar-refractivity contribution in [3.05, 3.63) is 52.0 Å². The highest BCUT2D eigenvalue weighted by Gasteiger charge is 2.39. The van der Waals surface area contributed by atoms with Crippen molar-refractivity contribution in [1.29, 1.82) is 0 Å². The summed E-state index contributed by atoms with van der Waals surface area (Å²) in [5.74, 6) is -1.15. The minimum absolute atomic E-state index is 0.0482. The van der Waals surface area contributed by atoms with Crippen molar-refractivity contribution in [2.75, 3.05) is 6.54 Å². The Kier molecular flexibility index (Phi) is 6.18. The van der Waals surface area contributed by atoms with Crippen molar-refractivity contribution in [3.8, 4) is 0 Å². The predicted molar refractivity (Wildman–Crippen MR) is 104 cm³/mol. The standard InChI is InChI=1S/C20H26N2O3S/c1-5-20(18(24)25,14-9-7-6-8-10-14)13-21-16(23)11-15-12-26-17(22-15)19(2,3)4/h6-10,12H,5,11,13H2,1-4H3,(H,21,23)(H,24,25). The molecular weight excluding hydrogens is 348 g/mol. The van der Waals surface area contributed by atoms with Crippen LogP contribution in [0.3, 0.4) is 0 Å². The van der Waals surface area contributed by atoms with Crippen LogP contribution in [0.1, 0.15) is 50.4 Å². The fourth-order valence-corrected chi connectivity index (χ4v) is 3.66. The zero-order chi connectivity index (χ0) is 19.4. The summed E-state index contributed by atoms with van der Waals surface area (Å²) >= 11 is 1.54. The minimum atomic E-state index is -1.13. The van der Waals surface area contributed by atoms with Crippen molar-refractivity contribution < 1.29 is 14.7 Å². The van der Waals surface area contributed by atoms with E-state index < -0.39 is 11.4 Å². The molecular formula is C20H26N2O3S. The molecule has 0 aliphatic carbocycles. The zero-order valence-electron chi connectivity index (χ0n) is 15.7. The van der Waals surface area contributed by atoms with Gasteiger partial charge in [0, 0.05) is 17.3 Å². The van der Waals surface area contributed by atoms with Crippen LogP contribution in [0.15, 0.2) is 35.7 Å². The third-order valence-electron chi connectivity index (χ3n) is 4.46. The van der Waals surface area contributed by atoms with Gasteiger partial charge < -0.3 is 10.4 Å². The van der Waals surface area contributed by atoms with Crippen molar-refractivity contribution in [2.45, 2.75) is 51.4 Å². The summed E-state index contributed by atoms with van der Waals surface area (Å²) in [6.07, 6.45) is 0.540. The number of nitrogens with zero attached hydrogens (tertiary/aromatic N) is 1. The van der Waals surface area contributed by atoms with E-state index in [9.17, 15) is 14.7 Å². The van der Waals surface area contributed by atoms with Gasteiger partial charge in [0.2, 0.25) is 5.91 Å².